The molecule has 2 fully saturated rings. The van der Waals surface area contributed by atoms with Gasteiger partial charge in [0.25, 0.3) is 0 Å². The Labute approximate surface area is 162 Å². The van der Waals surface area contributed by atoms with Crippen LogP contribution in [-0.4, -0.2) is 72.3 Å². The Morgan fingerprint density at radius 2 is 1.48 bits per heavy atom. The molecule has 2 aliphatic heterocycles. The van der Waals surface area contributed by atoms with Crippen molar-refractivity contribution < 1.29 is 9.59 Å². The van der Waals surface area contributed by atoms with Gasteiger partial charge in [0.15, 0.2) is 0 Å². The summed E-state index contributed by atoms with van der Waals surface area (Å²) in [5, 5.41) is 0. The minimum Gasteiger partial charge on any atom is -0.342 e. The van der Waals surface area contributed by atoms with Crippen LogP contribution in [-0.2, 0) is 9.59 Å². The van der Waals surface area contributed by atoms with Gasteiger partial charge in [-0.1, -0.05) is 42.7 Å². The number of piperazine rings is 1. The Morgan fingerprint density at radius 3 is 2.07 bits per heavy atom. The predicted octanol–water partition coefficient (Wildman–Crippen LogP) is 1.54. The van der Waals surface area contributed by atoms with E-state index in [0.29, 0.717) is 19.6 Å². The van der Waals surface area contributed by atoms with E-state index in [9.17, 15) is 9.59 Å². The molecule has 1 aromatic carbocycles. The first-order valence-corrected chi connectivity index (χ1v) is 10.2. The normalized spacial score (nSPS) is 20.2. The van der Waals surface area contributed by atoms with Crippen LogP contribution in [0.25, 0.3) is 0 Å². The number of carbonyl (C=O) groups is 2. The van der Waals surface area contributed by atoms with E-state index in [2.05, 4.69) is 4.90 Å². The van der Waals surface area contributed by atoms with Crippen molar-refractivity contribution in [2.75, 3.05) is 45.8 Å². The molecular formula is C21H32N4O2. The lowest BCUT2D eigenvalue weighted by atomic mass is 10.0. The van der Waals surface area contributed by atoms with E-state index >= 15 is 0 Å². The van der Waals surface area contributed by atoms with Crippen molar-refractivity contribution in [3.05, 3.63) is 35.4 Å². The summed E-state index contributed by atoms with van der Waals surface area (Å²) < 4.78 is 0. The lowest BCUT2D eigenvalue weighted by Crippen LogP contribution is -2.53. The highest BCUT2D eigenvalue weighted by atomic mass is 16.2. The summed E-state index contributed by atoms with van der Waals surface area (Å²) >= 11 is 0. The van der Waals surface area contributed by atoms with Gasteiger partial charge in [0.1, 0.15) is 6.04 Å². The van der Waals surface area contributed by atoms with Crippen LogP contribution >= 0.6 is 0 Å². The molecule has 1 atom stereocenters. The van der Waals surface area contributed by atoms with Gasteiger partial charge in [-0.2, -0.15) is 0 Å². The predicted molar refractivity (Wildman–Crippen MR) is 106 cm³/mol. The van der Waals surface area contributed by atoms with E-state index in [4.69, 9.17) is 5.73 Å². The van der Waals surface area contributed by atoms with Crippen LogP contribution in [0, 0.1) is 6.92 Å². The zero-order valence-electron chi connectivity index (χ0n) is 16.4. The quantitative estimate of drug-likeness (QED) is 0.870. The van der Waals surface area contributed by atoms with Crippen LogP contribution in [0.5, 0.6) is 0 Å². The van der Waals surface area contributed by atoms with E-state index in [-0.39, 0.29) is 11.8 Å². The van der Waals surface area contributed by atoms with E-state index in [1.165, 1.54) is 12.8 Å². The molecule has 2 aliphatic rings. The summed E-state index contributed by atoms with van der Waals surface area (Å²) in [6.45, 7) is 6.98. The first-order valence-electron chi connectivity index (χ1n) is 10.2. The van der Waals surface area contributed by atoms with E-state index in [0.717, 1.165) is 50.1 Å². The zero-order valence-corrected chi connectivity index (χ0v) is 16.4. The molecule has 6 heteroatoms. The molecule has 1 aromatic rings. The highest BCUT2D eigenvalue weighted by molar-refractivity contribution is 5.83. The number of carbonyl (C=O) groups excluding carboxylic acids is 2. The molecule has 0 saturated carbocycles. The van der Waals surface area contributed by atoms with Crippen molar-refractivity contribution in [1.82, 2.24) is 14.7 Å². The third-order valence-electron chi connectivity index (χ3n) is 5.70. The number of nitrogens with zero attached hydrogens (tertiary/aromatic N) is 3. The number of aryl methyl sites for hydroxylation is 1. The summed E-state index contributed by atoms with van der Waals surface area (Å²) in [7, 11) is 0. The zero-order chi connectivity index (χ0) is 19.2. The first-order chi connectivity index (χ1) is 13.0. The summed E-state index contributed by atoms with van der Waals surface area (Å²) in [6.07, 6.45) is 4.69. The molecular weight excluding hydrogens is 340 g/mol. The molecule has 0 bridgehead atoms. The number of hydrogen-bond acceptors (Lipinski definition) is 4. The Bertz CT molecular complexity index is 630. The van der Waals surface area contributed by atoms with Crippen molar-refractivity contribution in [2.45, 2.75) is 38.6 Å². The summed E-state index contributed by atoms with van der Waals surface area (Å²) in [4.78, 5) is 31.2. The van der Waals surface area contributed by atoms with Crippen LogP contribution in [0.15, 0.2) is 24.3 Å². The van der Waals surface area contributed by atoms with Gasteiger partial charge in [-0.3, -0.25) is 14.5 Å². The standard InChI is InChI=1S/C21H32N4O2/c1-17-6-8-18(9-7-17)20(22)21(27)25-14-12-23(13-15-25)16-19(26)24-10-4-2-3-5-11-24/h6-9,20H,2-5,10-16,22H2,1H3. The molecule has 0 aromatic heterocycles. The van der Waals surface area contributed by atoms with Crippen LogP contribution in [0.3, 0.4) is 0 Å². The Balaban J connectivity index is 1.47. The third kappa shape index (κ3) is 5.30. The van der Waals surface area contributed by atoms with Gasteiger partial charge in [-0.25, -0.2) is 0 Å². The fourth-order valence-corrected chi connectivity index (χ4v) is 3.85. The fourth-order valence-electron chi connectivity index (χ4n) is 3.85. The van der Waals surface area contributed by atoms with Crippen molar-refractivity contribution in [2.24, 2.45) is 5.73 Å². The molecule has 1 unspecified atom stereocenters. The van der Waals surface area contributed by atoms with Gasteiger partial charge in [0.2, 0.25) is 11.8 Å². The number of amides is 2. The van der Waals surface area contributed by atoms with Crippen molar-refractivity contribution in [1.29, 1.82) is 0 Å². The molecule has 2 heterocycles. The highest BCUT2D eigenvalue weighted by Gasteiger charge is 2.27. The number of benzene rings is 1. The molecule has 27 heavy (non-hydrogen) atoms. The van der Waals surface area contributed by atoms with Crippen LogP contribution in [0.4, 0.5) is 0 Å². The van der Waals surface area contributed by atoms with Crippen molar-refractivity contribution in [3.63, 3.8) is 0 Å². The Morgan fingerprint density at radius 1 is 0.889 bits per heavy atom. The highest BCUT2D eigenvalue weighted by Crippen LogP contribution is 2.16. The number of likely N-dealkylation sites (tertiary alicyclic amines) is 1. The van der Waals surface area contributed by atoms with Gasteiger partial charge in [-0.05, 0) is 25.3 Å². The van der Waals surface area contributed by atoms with Gasteiger partial charge < -0.3 is 15.5 Å². The molecule has 148 valence electrons. The van der Waals surface area contributed by atoms with Crippen LogP contribution in [0.2, 0.25) is 0 Å². The molecule has 0 radical (unpaired) electrons. The minimum absolute atomic E-state index is 0.0302. The summed E-state index contributed by atoms with van der Waals surface area (Å²) in [6, 6.07) is 7.20. The molecule has 3 rings (SSSR count). The third-order valence-corrected chi connectivity index (χ3v) is 5.70. The monoisotopic (exact) mass is 372 g/mol. The van der Waals surface area contributed by atoms with Crippen molar-refractivity contribution >= 4 is 11.8 Å². The van der Waals surface area contributed by atoms with Crippen LogP contribution < -0.4 is 5.73 Å². The largest absolute Gasteiger partial charge is 0.342 e. The van der Waals surface area contributed by atoms with Gasteiger partial charge in [0.05, 0.1) is 6.54 Å². The van der Waals surface area contributed by atoms with Crippen LogP contribution in [0.1, 0.15) is 42.9 Å². The average molecular weight is 373 g/mol. The maximum absolute atomic E-state index is 12.7. The molecule has 6 nitrogen and oxygen atoms in total. The van der Waals surface area contributed by atoms with E-state index in [1.54, 1.807) is 0 Å². The van der Waals surface area contributed by atoms with Gasteiger partial charge in [0, 0.05) is 39.3 Å². The summed E-state index contributed by atoms with van der Waals surface area (Å²) in [5.74, 6) is 0.199. The molecule has 2 amide bonds. The smallest absolute Gasteiger partial charge is 0.244 e. The lowest BCUT2D eigenvalue weighted by molar-refractivity contribution is -0.136. The Kier molecular flexibility index (Phi) is 6.85. The SMILES string of the molecule is Cc1ccc(C(N)C(=O)N2CCN(CC(=O)N3CCCCCC3)CC2)cc1. The van der Waals surface area contributed by atoms with E-state index < -0.39 is 6.04 Å². The number of rotatable bonds is 4. The maximum atomic E-state index is 12.7. The molecule has 0 aliphatic carbocycles. The number of hydrogen-bond donors (Lipinski definition) is 1. The average Bonchev–Trinajstić information content (AvgIpc) is 2.98. The second kappa shape index (κ2) is 9.33. The molecule has 2 N–H and O–H groups in total. The minimum atomic E-state index is -0.615. The van der Waals surface area contributed by atoms with Gasteiger partial charge >= 0.3 is 0 Å². The topological polar surface area (TPSA) is 69.9 Å². The number of nitrogens with two attached hydrogens (primary N) is 1. The van der Waals surface area contributed by atoms with Crippen molar-refractivity contribution in [3.8, 4) is 0 Å². The first kappa shape index (κ1) is 19.8. The molecule has 2 saturated heterocycles. The Hall–Kier alpha value is -1.92. The molecule has 0 spiro atoms. The summed E-state index contributed by atoms with van der Waals surface area (Å²) in [5.41, 5.74) is 8.19. The maximum Gasteiger partial charge on any atom is 0.244 e. The van der Waals surface area contributed by atoms with Gasteiger partial charge in [-0.15, -0.1) is 0 Å². The lowest BCUT2D eigenvalue weighted by Gasteiger charge is -2.36. The fraction of sp³-hybridized carbons (Fsp3) is 0.619. The van der Waals surface area contributed by atoms with E-state index in [1.807, 2.05) is 41.0 Å². The second-order valence-corrected chi connectivity index (χ2v) is 7.78. The second-order valence-electron chi connectivity index (χ2n) is 7.78.